The van der Waals surface area contributed by atoms with Crippen LogP contribution in [0.2, 0.25) is 0 Å². The van der Waals surface area contributed by atoms with Crippen molar-refractivity contribution in [1.29, 1.82) is 0 Å². The zero-order valence-electron chi connectivity index (χ0n) is 13.7. The van der Waals surface area contributed by atoms with Crippen LogP contribution < -0.4 is 0 Å². The highest BCUT2D eigenvalue weighted by molar-refractivity contribution is 6.00. The van der Waals surface area contributed by atoms with E-state index in [9.17, 15) is 4.79 Å². The second-order valence-corrected chi connectivity index (χ2v) is 6.43. The van der Waals surface area contributed by atoms with Gasteiger partial charge in [0.05, 0.1) is 0 Å². The first kappa shape index (κ1) is 16.9. The van der Waals surface area contributed by atoms with Crippen molar-refractivity contribution in [3.05, 3.63) is 35.4 Å². The molecule has 0 aliphatic heterocycles. The van der Waals surface area contributed by atoms with Crippen molar-refractivity contribution in [1.82, 2.24) is 0 Å². The molecule has 1 aromatic rings. The maximum absolute atomic E-state index is 12.3. The van der Waals surface area contributed by atoms with E-state index < -0.39 is 0 Å². The third-order valence-electron chi connectivity index (χ3n) is 4.28. The number of carbonyl (C=O) groups excluding carboxylic acids is 1. The number of unbranched alkanes of at least 4 members (excludes halogenated alkanes) is 4. The summed E-state index contributed by atoms with van der Waals surface area (Å²) in [4.78, 5) is 12.3. The summed E-state index contributed by atoms with van der Waals surface area (Å²) >= 11 is 0. The van der Waals surface area contributed by atoms with Crippen LogP contribution in [0.25, 0.3) is 0 Å². The molecule has 0 unspecified atom stereocenters. The number of benzene rings is 1. The van der Waals surface area contributed by atoms with E-state index in [0.717, 1.165) is 18.4 Å². The molecule has 1 rings (SSSR count). The highest BCUT2D eigenvalue weighted by Gasteiger charge is 2.26. The molecule has 0 bridgehead atoms. The Balaban J connectivity index is 2.50. The average molecular weight is 274 g/mol. The highest BCUT2D eigenvalue weighted by atomic mass is 16.1. The molecule has 0 aliphatic rings. The number of hydrogen-bond acceptors (Lipinski definition) is 1. The number of ketones is 1. The Kier molecular flexibility index (Phi) is 6.98. The van der Waals surface area contributed by atoms with Crippen molar-refractivity contribution in [2.24, 2.45) is 5.41 Å². The lowest BCUT2D eigenvalue weighted by Gasteiger charge is -2.20. The molecule has 0 spiro atoms. The van der Waals surface area contributed by atoms with Crippen molar-refractivity contribution in [2.75, 3.05) is 0 Å². The van der Waals surface area contributed by atoms with Crippen molar-refractivity contribution in [3.8, 4) is 0 Å². The predicted molar refractivity (Wildman–Crippen MR) is 87.3 cm³/mol. The van der Waals surface area contributed by atoms with Crippen LogP contribution in [0.4, 0.5) is 0 Å². The Hall–Kier alpha value is -1.11. The summed E-state index contributed by atoms with van der Waals surface area (Å²) in [6.45, 7) is 8.37. The molecule has 0 aliphatic carbocycles. The first-order valence-electron chi connectivity index (χ1n) is 8.15. The Labute approximate surface area is 124 Å². The van der Waals surface area contributed by atoms with E-state index in [1.54, 1.807) is 0 Å². The van der Waals surface area contributed by atoms with Gasteiger partial charge in [-0.1, -0.05) is 77.6 Å². The van der Waals surface area contributed by atoms with Gasteiger partial charge in [0.15, 0.2) is 5.78 Å². The highest BCUT2D eigenvalue weighted by Crippen LogP contribution is 2.25. The fourth-order valence-corrected chi connectivity index (χ4v) is 2.31. The van der Waals surface area contributed by atoms with Crippen molar-refractivity contribution in [2.45, 2.75) is 72.6 Å². The molecule has 0 heterocycles. The maximum Gasteiger partial charge on any atom is 0.168 e. The quantitative estimate of drug-likeness (QED) is 0.409. The van der Waals surface area contributed by atoms with Crippen LogP contribution in [0.5, 0.6) is 0 Å². The summed E-state index contributed by atoms with van der Waals surface area (Å²) in [5.74, 6) is 0.259. The molecular weight excluding hydrogens is 244 g/mol. The topological polar surface area (TPSA) is 17.1 Å². The van der Waals surface area contributed by atoms with Crippen LogP contribution >= 0.6 is 0 Å². The fourth-order valence-electron chi connectivity index (χ4n) is 2.31. The van der Waals surface area contributed by atoms with Crippen molar-refractivity contribution >= 4 is 5.78 Å². The van der Waals surface area contributed by atoms with Gasteiger partial charge in [0.25, 0.3) is 0 Å². The van der Waals surface area contributed by atoms with Crippen LogP contribution in [0, 0.1) is 5.41 Å². The van der Waals surface area contributed by atoms with E-state index in [1.165, 1.54) is 37.7 Å². The molecule has 0 amide bonds. The molecule has 0 N–H and O–H groups in total. The van der Waals surface area contributed by atoms with Crippen molar-refractivity contribution in [3.63, 3.8) is 0 Å². The third kappa shape index (κ3) is 5.11. The largest absolute Gasteiger partial charge is 0.294 e. The molecule has 1 heteroatoms. The molecular formula is C19H30O. The summed E-state index contributed by atoms with van der Waals surface area (Å²) in [6, 6.07) is 8.25. The number of rotatable bonds is 9. The molecule has 1 nitrogen and oxygen atoms in total. The minimum atomic E-state index is -0.248. The predicted octanol–water partition coefficient (Wildman–Crippen LogP) is 5.82. The van der Waals surface area contributed by atoms with Crippen LogP contribution in [0.3, 0.4) is 0 Å². The van der Waals surface area contributed by atoms with Crippen LogP contribution in [-0.2, 0) is 6.42 Å². The fraction of sp³-hybridized carbons (Fsp3) is 0.632. The summed E-state index contributed by atoms with van der Waals surface area (Å²) < 4.78 is 0. The van der Waals surface area contributed by atoms with Crippen molar-refractivity contribution < 1.29 is 4.79 Å². The molecule has 0 saturated carbocycles. The van der Waals surface area contributed by atoms with Gasteiger partial charge in [0.1, 0.15) is 0 Å². The molecule has 0 fully saturated rings. The van der Waals surface area contributed by atoms with E-state index in [0.29, 0.717) is 0 Å². The molecule has 1 aromatic carbocycles. The second kappa shape index (κ2) is 8.24. The Bertz CT molecular complexity index is 400. The first-order valence-corrected chi connectivity index (χ1v) is 8.15. The van der Waals surface area contributed by atoms with Gasteiger partial charge in [0.2, 0.25) is 0 Å². The number of carbonyl (C=O) groups is 1. The summed E-state index contributed by atoms with van der Waals surface area (Å²) in [6.07, 6.45) is 8.58. The van der Waals surface area contributed by atoms with Crippen LogP contribution in [0.15, 0.2) is 24.3 Å². The Morgan fingerprint density at radius 1 is 0.950 bits per heavy atom. The summed E-state index contributed by atoms with van der Waals surface area (Å²) in [7, 11) is 0. The van der Waals surface area contributed by atoms with Gasteiger partial charge < -0.3 is 0 Å². The average Bonchev–Trinajstić information content (AvgIpc) is 2.47. The lowest BCUT2D eigenvalue weighted by Crippen LogP contribution is -2.23. The van der Waals surface area contributed by atoms with Gasteiger partial charge in [-0.3, -0.25) is 4.79 Å². The minimum Gasteiger partial charge on any atom is -0.294 e. The Morgan fingerprint density at radius 3 is 2.10 bits per heavy atom. The summed E-state index contributed by atoms with van der Waals surface area (Å²) in [5, 5.41) is 0. The second-order valence-electron chi connectivity index (χ2n) is 6.43. The first-order chi connectivity index (χ1) is 9.51. The molecule has 0 atom stereocenters. The van der Waals surface area contributed by atoms with Gasteiger partial charge in [-0.2, -0.15) is 0 Å². The van der Waals surface area contributed by atoms with Gasteiger partial charge in [-0.15, -0.1) is 0 Å². The number of Topliss-reactive ketones (excluding diaryl/α,β-unsaturated/α-hetero) is 1. The van der Waals surface area contributed by atoms with E-state index in [4.69, 9.17) is 0 Å². The molecule has 0 radical (unpaired) electrons. The zero-order chi connectivity index (χ0) is 15.0. The molecule has 112 valence electrons. The molecule has 0 saturated heterocycles. The Morgan fingerprint density at radius 2 is 1.55 bits per heavy atom. The normalized spacial score (nSPS) is 11.6. The van der Waals surface area contributed by atoms with Gasteiger partial charge >= 0.3 is 0 Å². The van der Waals surface area contributed by atoms with Crippen LogP contribution in [0.1, 0.15) is 82.1 Å². The van der Waals surface area contributed by atoms with Gasteiger partial charge in [-0.25, -0.2) is 0 Å². The van der Waals surface area contributed by atoms with E-state index in [-0.39, 0.29) is 11.2 Å². The SMILES string of the molecule is CCCCCCCc1ccc(C(=O)C(C)(C)CC)cc1. The zero-order valence-corrected chi connectivity index (χ0v) is 13.7. The van der Waals surface area contributed by atoms with E-state index in [2.05, 4.69) is 26.0 Å². The van der Waals surface area contributed by atoms with Gasteiger partial charge in [-0.05, 0) is 24.8 Å². The minimum absolute atomic E-state index is 0.248. The molecule has 0 aromatic heterocycles. The third-order valence-corrected chi connectivity index (χ3v) is 4.28. The van der Waals surface area contributed by atoms with E-state index in [1.807, 2.05) is 26.0 Å². The standard InChI is InChI=1S/C19H30O/c1-5-7-8-9-10-11-16-12-14-17(15-13-16)18(20)19(3,4)6-2/h12-15H,5-11H2,1-4H3. The van der Waals surface area contributed by atoms with E-state index >= 15 is 0 Å². The maximum atomic E-state index is 12.3. The summed E-state index contributed by atoms with van der Waals surface area (Å²) in [5.41, 5.74) is 1.96. The van der Waals surface area contributed by atoms with Crippen LogP contribution in [-0.4, -0.2) is 5.78 Å². The number of aryl methyl sites for hydroxylation is 1. The smallest absolute Gasteiger partial charge is 0.168 e. The lowest BCUT2D eigenvalue weighted by molar-refractivity contribution is 0.0833. The molecule has 20 heavy (non-hydrogen) atoms. The monoisotopic (exact) mass is 274 g/mol. The van der Waals surface area contributed by atoms with Gasteiger partial charge in [0, 0.05) is 11.0 Å². The number of hydrogen-bond donors (Lipinski definition) is 0. The lowest BCUT2D eigenvalue weighted by atomic mass is 9.82.